The van der Waals surface area contributed by atoms with Crippen LogP contribution in [0.2, 0.25) is 0 Å². The zero-order valence-corrected chi connectivity index (χ0v) is 20.9. The van der Waals surface area contributed by atoms with Crippen LogP contribution in [0.5, 0.6) is 0 Å². The van der Waals surface area contributed by atoms with Gasteiger partial charge in [0.1, 0.15) is 5.60 Å². The Bertz CT molecular complexity index is 990. The Morgan fingerprint density at radius 1 is 0.971 bits per heavy atom. The van der Waals surface area contributed by atoms with Crippen LogP contribution in [0.4, 0.5) is 15.3 Å². The summed E-state index contributed by atoms with van der Waals surface area (Å²) in [5.41, 5.74) is 0.892. The third-order valence-electron chi connectivity index (χ3n) is 5.26. The predicted molar refractivity (Wildman–Crippen MR) is 134 cm³/mol. The molecule has 2 aromatic rings. The van der Waals surface area contributed by atoms with Gasteiger partial charge in [-0.1, -0.05) is 63.2 Å². The molecule has 0 aliphatic heterocycles. The highest BCUT2D eigenvalue weighted by atomic mass is 16.6. The first kappa shape index (κ1) is 26.9. The van der Waals surface area contributed by atoms with Crippen molar-refractivity contribution in [1.29, 1.82) is 0 Å². The molecule has 2 N–H and O–H groups in total. The zero-order valence-electron chi connectivity index (χ0n) is 20.9. The van der Waals surface area contributed by atoms with Crippen molar-refractivity contribution >= 4 is 23.7 Å². The Kier molecular flexibility index (Phi) is 8.85. The van der Waals surface area contributed by atoms with E-state index in [1.807, 2.05) is 51.1 Å². The topological polar surface area (TPSA) is 95.9 Å². The summed E-state index contributed by atoms with van der Waals surface area (Å²) in [6, 6.07) is 16.1. The number of anilines is 1. The van der Waals surface area contributed by atoms with Crippen LogP contribution in [0.1, 0.15) is 63.9 Å². The molecule has 7 nitrogen and oxygen atoms in total. The lowest BCUT2D eigenvalue weighted by Gasteiger charge is -2.39. The van der Waals surface area contributed by atoms with Gasteiger partial charge in [-0.15, -0.1) is 0 Å². The van der Waals surface area contributed by atoms with Gasteiger partial charge in [0.15, 0.2) is 5.78 Å². The molecule has 184 valence electrons. The fourth-order valence-corrected chi connectivity index (χ4v) is 3.61. The molecule has 0 fully saturated rings. The Morgan fingerprint density at radius 3 is 2.18 bits per heavy atom. The van der Waals surface area contributed by atoms with E-state index in [1.54, 1.807) is 45.0 Å². The largest absolute Gasteiger partial charge is 0.465 e. The Balaban J connectivity index is 2.21. The van der Waals surface area contributed by atoms with Crippen LogP contribution in [0.15, 0.2) is 54.6 Å². The van der Waals surface area contributed by atoms with Crippen molar-refractivity contribution < 1.29 is 24.2 Å². The van der Waals surface area contributed by atoms with Crippen molar-refractivity contribution in [1.82, 2.24) is 5.32 Å². The van der Waals surface area contributed by atoms with Crippen molar-refractivity contribution in [2.24, 2.45) is 5.41 Å². The summed E-state index contributed by atoms with van der Waals surface area (Å²) in [7, 11) is 0. The smallest absolute Gasteiger partial charge is 0.412 e. The molecule has 2 aromatic carbocycles. The van der Waals surface area contributed by atoms with Crippen LogP contribution in [0.25, 0.3) is 0 Å². The van der Waals surface area contributed by atoms with Crippen LogP contribution in [0.3, 0.4) is 0 Å². The first-order valence-corrected chi connectivity index (χ1v) is 11.4. The molecular weight excluding hydrogens is 432 g/mol. The minimum atomic E-state index is -1.08. The molecule has 0 saturated heterocycles. The van der Waals surface area contributed by atoms with E-state index in [1.165, 1.54) is 4.90 Å². The van der Waals surface area contributed by atoms with E-state index in [4.69, 9.17) is 4.74 Å². The monoisotopic (exact) mass is 468 g/mol. The Morgan fingerprint density at radius 2 is 1.62 bits per heavy atom. The van der Waals surface area contributed by atoms with Crippen molar-refractivity contribution in [3.63, 3.8) is 0 Å². The summed E-state index contributed by atoms with van der Waals surface area (Å²) in [5, 5.41) is 12.7. The molecule has 7 heteroatoms. The van der Waals surface area contributed by atoms with Gasteiger partial charge in [-0.05, 0) is 50.3 Å². The number of alkyl carbamates (subject to hydrolysis) is 1. The molecule has 0 bridgehead atoms. The molecule has 0 aromatic heterocycles. The maximum Gasteiger partial charge on any atom is 0.412 e. The summed E-state index contributed by atoms with van der Waals surface area (Å²) in [4.78, 5) is 38.3. The molecule has 2 rings (SSSR count). The van der Waals surface area contributed by atoms with Crippen LogP contribution >= 0.6 is 0 Å². The summed E-state index contributed by atoms with van der Waals surface area (Å²) >= 11 is 0. The quantitative estimate of drug-likeness (QED) is 0.469. The van der Waals surface area contributed by atoms with Crippen molar-refractivity contribution in [3.05, 3.63) is 65.7 Å². The van der Waals surface area contributed by atoms with Gasteiger partial charge in [0.05, 0.1) is 0 Å². The Labute approximate surface area is 202 Å². The van der Waals surface area contributed by atoms with E-state index in [0.29, 0.717) is 17.7 Å². The van der Waals surface area contributed by atoms with Gasteiger partial charge in [0, 0.05) is 30.3 Å². The molecule has 0 saturated carbocycles. The maximum atomic E-state index is 12.8. The highest BCUT2D eigenvalue weighted by molar-refractivity contribution is 5.98. The van der Waals surface area contributed by atoms with Crippen LogP contribution in [-0.2, 0) is 11.2 Å². The van der Waals surface area contributed by atoms with Crippen molar-refractivity contribution in [3.8, 4) is 0 Å². The molecule has 1 atom stereocenters. The molecule has 0 spiro atoms. The van der Waals surface area contributed by atoms with E-state index in [0.717, 1.165) is 5.56 Å². The number of nitrogens with zero attached hydrogens (tertiary/aromatic N) is 1. The second-order valence-corrected chi connectivity index (χ2v) is 10.4. The van der Waals surface area contributed by atoms with Gasteiger partial charge in [-0.3, -0.25) is 9.69 Å². The Hall–Kier alpha value is -3.35. The second-order valence-electron chi connectivity index (χ2n) is 10.4. The third kappa shape index (κ3) is 8.21. The second kappa shape index (κ2) is 11.2. The highest BCUT2D eigenvalue weighted by Gasteiger charge is 2.35. The van der Waals surface area contributed by atoms with Gasteiger partial charge in [-0.2, -0.15) is 0 Å². The first-order chi connectivity index (χ1) is 15.8. The van der Waals surface area contributed by atoms with Gasteiger partial charge in [0.25, 0.3) is 0 Å². The van der Waals surface area contributed by atoms with E-state index in [9.17, 15) is 19.5 Å². The van der Waals surface area contributed by atoms with E-state index < -0.39 is 17.8 Å². The van der Waals surface area contributed by atoms with Crippen molar-refractivity contribution in [2.75, 3.05) is 11.4 Å². The lowest BCUT2D eigenvalue weighted by atomic mass is 9.81. The molecule has 0 heterocycles. The van der Waals surface area contributed by atoms with Crippen LogP contribution in [0, 0.1) is 5.41 Å². The SMILES string of the molecule is CC(C)(C)OC(=O)NCCC(=O)c1cccc(N(C(=O)O)C(Cc2ccccc2)C(C)(C)C)c1. The highest BCUT2D eigenvalue weighted by Crippen LogP contribution is 2.32. The van der Waals surface area contributed by atoms with Gasteiger partial charge >= 0.3 is 12.2 Å². The number of hydrogen-bond donors (Lipinski definition) is 2. The van der Waals surface area contributed by atoms with Crippen LogP contribution in [-0.4, -0.2) is 41.3 Å². The number of nitrogens with one attached hydrogen (secondary N) is 1. The summed E-state index contributed by atoms with van der Waals surface area (Å²) in [6.45, 7) is 11.4. The maximum absolute atomic E-state index is 12.8. The minimum absolute atomic E-state index is 0.0719. The number of Topliss-reactive ketones (excluding diaryl/α,β-unsaturated/α-hetero) is 1. The molecular formula is C27H36N2O5. The van der Waals surface area contributed by atoms with E-state index >= 15 is 0 Å². The summed E-state index contributed by atoms with van der Waals surface area (Å²) in [6.07, 6.45) is -1.05. The molecule has 2 amide bonds. The molecule has 0 aliphatic rings. The number of carboxylic acid groups (broad SMARTS) is 1. The number of ether oxygens (including phenoxy) is 1. The van der Waals surface area contributed by atoms with E-state index in [-0.39, 0.29) is 30.2 Å². The number of rotatable bonds is 8. The van der Waals surface area contributed by atoms with Gasteiger partial charge < -0.3 is 15.2 Å². The normalized spacial score (nSPS) is 12.5. The van der Waals surface area contributed by atoms with Gasteiger partial charge in [0.2, 0.25) is 0 Å². The number of ketones is 1. The van der Waals surface area contributed by atoms with E-state index in [2.05, 4.69) is 5.32 Å². The number of hydrogen-bond acceptors (Lipinski definition) is 4. The van der Waals surface area contributed by atoms with Crippen molar-refractivity contribution in [2.45, 2.75) is 66.0 Å². The van der Waals surface area contributed by atoms with Crippen LogP contribution < -0.4 is 10.2 Å². The fourth-order valence-electron chi connectivity index (χ4n) is 3.61. The number of carbonyl (C=O) groups excluding carboxylic acids is 2. The summed E-state index contributed by atoms with van der Waals surface area (Å²) < 4.78 is 5.18. The third-order valence-corrected chi connectivity index (χ3v) is 5.26. The predicted octanol–water partition coefficient (Wildman–Crippen LogP) is 5.93. The number of amides is 2. The summed E-state index contributed by atoms with van der Waals surface area (Å²) in [5.74, 6) is -0.196. The zero-order chi connectivity index (χ0) is 25.5. The molecule has 0 radical (unpaired) electrons. The lowest BCUT2D eigenvalue weighted by Crippen LogP contribution is -2.48. The number of carbonyl (C=O) groups is 3. The molecule has 0 aliphatic carbocycles. The standard InChI is InChI=1S/C27H36N2O5/c1-26(2,3)23(17-19-11-8-7-9-12-19)29(25(32)33)21-14-10-13-20(18-21)22(30)15-16-28-24(31)34-27(4,5)6/h7-14,18,23H,15-17H2,1-6H3,(H,28,31)(H,32,33). The minimum Gasteiger partial charge on any atom is -0.465 e. The average Bonchev–Trinajstić information content (AvgIpc) is 2.72. The fraction of sp³-hybridized carbons (Fsp3) is 0.444. The first-order valence-electron chi connectivity index (χ1n) is 11.4. The molecule has 1 unspecified atom stereocenters. The lowest BCUT2D eigenvalue weighted by molar-refractivity contribution is 0.0527. The number of benzene rings is 2. The average molecular weight is 469 g/mol. The van der Waals surface area contributed by atoms with Gasteiger partial charge in [-0.25, -0.2) is 9.59 Å². The molecule has 34 heavy (non-hydrogen) atoms.